The molecule has 2 aromatic rings. The van der Waals surface area contributed by atoms with Crippen LogP contribution in [0.2, 0.25) is 0 Å². The minimum Gasteiger partial charge on any atom is -0.490 e. The molecule has 1 fully saturated rings. The Bertz CT molecular complexity index is 875. The second-order valence-corrected chi connectivity index (χ2v) is 7.74. The third-order valence-corrected chi connectivity index (χ3v) is 5.33. The predicted octanol–water partition coefficient (Wildman–Crippen LogP) is 2.95. The number of nitrogens with zero attached hydrogens (tertiary/aromatic N) is 2. The van der Waals surface area contributed by atoms with Gasteiger partial charge in [-0.05, 0) is 56.2 Å². The fraction of sp³-hybridized carbons (Fsp3) is 0.417. The molecule has 0 atom stereocenters. The number of rotatable bonds is 8. The number of nitrogens with one attached hydrogen (secondary N) is 1. The number of carbonyl (C=O) groups excluding carboxylic acids is 2. The van der Waals surface area contributed by atoms with Crippen LogP contribution in [0.4, 0.5) is 5.69 Å². The molecule has 2 aromatic carbocycles. The van der Waals surface area contributed by atoms with E-state index in [1.165, 1.54) is 0 Å². The highest BCUT2D eigenvalue weighted by atomic mass is 16.5. The van der Waals surface area contributed by atoms with Crippen molar-refractivity contribution in [3.63, 3.8) is 0 Å². The first-order chi connectivity index (χ1) is 15.0. The summed E-state index contributed by atoms with van der Waals surface area (Å²) in [5.41, 5.74) is 1.69. The van der Waals surface area contributed by atoms with Crippen LogP contribution in [0.15, 0.2) is 48.5 Å². The lowest BCUT2D eigenvalue weighted by Gasteiger charge is -2.32. The highest BCUT2D eigenvalue weighted by molar-refractivity contribution is 5.94. The molecule has 7 heteroatoms. The van der Waals surface area contributed by atoms with E-state index >= 15 is 0 Å². The molecule has 31 heavy (non-hydrogen) atoms. The molecule has 1 saturated heterocycles. The van der Waals surface area contributed by atoms with E-state index in [4.69, 9.17) is 9.47 Å². The molecule has 0 spiro atoms. The Morgan fingerprint density at radius 2 is 1.61 bits per heavy atom. The van der Waals surface area contributed by atoms with E-state index in [-0.39, 0.29) is 24.5 Å². The van der Waals surface area contributed by atoms with E-state index in [2.05, 4.69) is 5.32 Å². The summed E-state index contributed by atoms with van der Waals surface area (Å²) in [4.78, 5) is 28.8. The summed E-state index contributed by atoms with van der Waals surface area (Å²) < 4.78 is 11.2. The van der Waals surface area contributed by atoms with Crippen LogP contribution in [0.3, 0.4) is 0 Å². The van der Waals surface area contributed by atoms with Crippen molar-refractivity contribution in [2.24, 2.45) is 0 Å². The van der Waals surface area contributed by atoms with Crippen molar-refractivity contribution in [3.05, 3.63) is 54.1 Å². The van der Waals surface area contributed by atoms with Gasteiger partial charge in [-0.2, -0.15) is 0 Å². The maximum absolute atomic E-state index is 12.5. The zero-order chi connectivity index (χ0) is 22.2. The molecule has 0 aliphatic carbocycles. The molecule has 3 rings (SSSR count). The van der Waals surface area contributed by atoms with Gasteiger partial charge in [0.1, 0.15) is 0 Å². The summed E-state index contributed by atoms with van der Waals surface area (Å²) >= 11 is 0. The van der Waals surface area contributed by atoms with E-state index in [1.807, 2.05) is 68.4 Å². The maximum atomic E-state index is 12.5. The normalized spacial score (nSPS) is 14.1. The van der Waals surface area contributed by atoms with Gasteiger partial charge in [0.15, 0.2) is 18.1 Å². The molecule has 1 heterocycles. The standard InChI is InChI=1S/C24H31N3O4/c1-4-30-21-7-5-6-8-22(21)31-17-23(28)27-15-13-19(14-16-27)25-24(29)18-9-11-20(12-10-18)26(2)3/h5-12,19H,4,13-17H2,1-3H3,(H,25,29). The molecule has 0 bridgehead atoms. The third kappa shape index (κ3) is 6.13. The average molecular weight is 426 g/mol. The predicted molar refractivity (Wildman–Crippen MR) is 121 cm³/mol. The molecule has 0 saturated carbocycles. The number of para-hydroxylation sites is 2. The van der Waals surface area contributed by atoms with Gasteiger partial charge in [-0.1, -0.05) is 12.1 Å². The summed E-state index contributed by atoms with van der Waals surface area (Å²) in [6.07, 6.45) is 1.45. The molecular formula is C24H31N3O4. The monoisotopic (exact) mass is 425 g/mol. The molecule has 2 amide bonds. The lowest BCUT2D eigenvalue weighted by molar-refractivity contribution is -0.134. The number of likely N-dealkylation sites (tertiary alicyclic amines) is 1. The second-order valence-electron chi connectivity index (χ2n) is 7.74. The van der Waals surface area contributed by atoms with E-state index in [0.29, 0.717) is 36.8 Å². The molecule has 0 radical (unpaired) electrons. The third-order valence-electron chi connectivity index (χ3n) is 5.33. The van der Waals surface area contributed by atoms with Crippen molar-refractivity contribution < 1.29 is 19.1 Å². The van der Waals surface area contributed by atoms with Crippen LogP contribution in [-0.4, -0.2) is 63.2 Å². The number of hydrogen-bond acceptors (Lipinski definition) is 5. The van der Waals surface area contributed by atoms with Crippen molar-refractivity contribution in [1.82, 2.24) is 10.2 Å². The molecule has 0 unspecified atom stereocenters. The minimum atomic E-state index is -0.0778. The number of amides is 2. The van der Waals surface area contributed by atoms with Crippen LogP contribution in [0.25, 0.3) is 0 Å². The topological polar surface area (TPSA) is 71.1 Å². The van der Waals surface area contributed by atoms with Crippen LogP contribution in [0.5, 0.6) is 11.5 Å². The van der Waals surface area contributed by atoms with Gasteiger partial charge in [-0.25, -0.2) is 0 Å². The van der Waals surface area contributed by atoms with Gasteiger partial charge in [-0.3, -0.25) is 9.59 Å². The fourth-order valence-electron chi connectivity index (χ4n) is 3.53. The summed E-state index contributed by atoms with van der Waals surface area (Å²) in [6.45, 7) is 3.61. The smallest absolute Gasteiger partial charge is 0.260 e. The van der Waals surface area contributed by atoms with Crippen LogP contribution in [0, 0.1) is 0 Å². The largest absolute Gasteiger partial charge is 0.490 e. The number of anilines is 1. The van der Waals surface area contributed by atoms with Crippen molar-refractivity contribution in [2.75, 3.05) is 45.3 Å². The summed E-state index contributed by atoms with van der Waals surface area (Å²) in [5.74, 6) is 1.07. The minimum absolute atomic E-state index is 0.0284. The Balaban J connectivity index is 1.44. The Morgan fingerprint density at radius 1 is 1.00 bits per heavy atom. The lowest BCUT2D eigenvalue weighted by Crippen LogP contribution is -2.47. The van der Waals surface area contributed by atoms with Gasteiger partial charge in [-0.15, -0.1) is 0 Å². The highest BCUT2D eigenvalue weighted by Gasteiger charge is 2.24. The van der Waals surface area contributed by atoms with Gasteiger partial charge < -0.3 is 24.6 Å². The Morgan fingerprint density at radius 3 is 2.19 bits per heavy atom. The number of piperidine rings is 1. The summed E-state index contributed by atoms with van der Waals surface area (Å²) in [7, 11) is 3.93. The first-order valence-corrected chi connectivity index (χ1v) is 10.7. The average Bonchev–Trinajstić information content (AvgIpc) is 2.79. The molecule has 7 nitrogen and oxygen atoms in total. The van der Waals surface area contributed by atoms with Crippen LogP contribution in [-0.2, 0) is 4.79 Å². The van der Waals surface area contributed by atoms with Gasteiger partial charge in [0, 0.05) is 44.5 Å². The highest BCUT2D eigenvalue weighted by Crippen LogP contribution is 2.26. The van der Waals surface area contributed by atoms with E-state index in [1.54, 1.807) is 11.0 Å². The second kappa shape index (κ2) is 10.7. The SMILES string of the molecule is CCOc1ccccc1OCC(=O)N1CCC(NC(=O)c2ccc(N(C)C)cc2)CC1. The Hall–Kier alpha value is -3.22. The van der Waals surface area contributed by atoms with Crippen LogP contribution < -0.4 is 19.7 Å². The number of ether oxygens (including phenoxy) is 2. The number of benzene rings is 2. The van der Waals surface area contributed by atoms with Gasteiger partial charge in [0.25, 0.3) is 11.8 Å². The fourth-order valence-corrected chi connectivity index (χ4v) is 3.53. The van der Waals surface area contributed by atoms with Gasteiger partial charge >= 0.3 is 0 Å². The first-order valence-electron chi connectivity index (χ1n) is 10.7. The van der Waals surface area contributed by atoms with Gasteiger partial charge in [0.05, 0.1) is 6.61 Å². The molecule has 1 aliphatic rings. The van der Waals surface area contributed by atoms with Crippen molar-refractivity contribution in [2.45, 2.75) is 25.8 Å². The van der Waals surface area contributed by atoms with Crippen LogP contribution >= 0.6 is 0 Å². The number of hydrogen-bond donors (Lipinski definition) is 1. The van der Waals surface area contributed by atoms with Gasteiger partial charge in [0.2, 0.25) is 0 Å². The van der Waals surface area contributed by atoms with Crippen LogP contribution in [0.1, 0.15) is 30.1 Å². The zero-order valence-electron chi connectivity index (χ0n) is 18.5. The van der Waals surface area contributed by atoms with E-state index in [9.17, 15) is 9.59 Å². The molecular weight excluding hydrogens is 394 g/mol. The molecule has 0 aromatic heterocycles. The molecule has 1 aliphatic heterocycles. The Kier molecular flexibility index (Phi) is 7.76. The summed E-state index contributed by atoms with van der Waals surface area (Å²) in [5, 5.41) is 3.08. The summed E-state index contributed by atoms with van der Waals surface area (Å²) in [6, 6.07) is 14.9. The van der Waals surface area contributed by atoms with Crippen molar-refractivity contribution >= 4 is 17.5 Å². The quantitative estimate of drug-likeness (QED) is 0.704. The Labute approximate surface area is 183 Å². The molecule has 166 valence electrons. The van der Waals surface area contributed by atoms with Crippen molar-refractivity contribution in [1.29, 1.82) is 0 Å². The first kappa shape index (κ1) is 22.5. The lowest BCUT2D eigenvalue weighted by atomic mass is 10.0. The maximum Gasteiger partial charge on any atom is 0.260 e. The molecule has 1 N–H and O–H groups in total. The van der Waals surface area contributed by atoms with E-state index in [0.717, 1.165) is 18.5 Å². The van der Waals surface area contributed by atoms with E-state index < -0.39 is 0 Å². The zero-order valence-corrected chi connectivity index (χ0v) is 18.5. The van der Waals surface area contributed by atoms with Crippen molar-refractivity contribution in [3.8, 4) is 11.5 Å². The number of carbonyl (C=O) groups is 2.